The molecule has 0 radical (unpaired) electrons. The standard InChI is InChI=1S/C13H12FN3O/c14-10-6-8(3-4-11(10)15)12(18)7-9-2-1-5-17-13(9)16/h1-6H,7,15H2,(H2,16,17). The molecule has 0 unspecified atom stereocenters. The molecule has 1 aromatic heterocycles. The highest BCUT2D eigenvalue weighted by Gasteiger charge is 2.11. The largest absolute Gasteiger partial charge is 0.396 e. The van der Waals surface area contributed by atoms with Gasteiger partial charge in [0, 0.05) is 23.7 Å². The molecule has 92 valence electrons. The van der Waals surface area contributed by atoms with E-state index in [1.807, 2.05) is 0 Å². The van der Waals surface area contributed by atoms with Crippen LogP contribution in [0.3, 0.4) is 0 Å². The Bertz CT molecular complexity index is 599. The van der Waals surface area contributed by atoms with Gasteiger partial charge in [0.2, 0.25) is 0 Å². The molecule has 5 heteroatoms. The fourth-order valence-electron chi connectivity index (χ4n) is 1.58. The maximum absolute atomic E-state index is 13.2. The molecule has 18 heavy (non-hydrogen) atoms. The van der Waals surface area contributed by atoms with E-state index in [4.69, 9.17) is 11.5 Å². The molecule has 0 amide bonds. The number of benzene rings is 1. The van der Waals surface area contributed by atoms with Crippen LogP contribution in [0, 0.1) is 5.82 Å². The number of hydrogen-bond acceptors (Lipinski definition) is 4. The number of ketones is 1. The van der Waals surface area contributed by atoms with Crippen LogP contribution in [0.15, 0.2) is 36.5 Å². The molecule has 0 fully saturated rings. The second-order valence-electron chi connectivity index (χ2n) is 3.88. The van der Waals surface area contributed by atoms with E-state index < -0.39 is 5.82 Å². The Kier molecular flexibility index (Phi) is 3.23. The van der Waals surface area contributed by atoms with Gasteiger partial charge in [0.15, 0.2) is 5.78 Å². The van der Waals surface area contributed by atoms with Gasteiger partial charge in [-0.25, -0.2) is 9.37 Å². The summed E-state index contributed by atoms with van der Waals surface area (Å²) < 4.78 is 13.2. The molecule has 2 aromatic rings. The molecule has 1 heterocycles. The van der Waals surface area contributed by atoms with Crippen molar-refractivity contribution in [2.45, 2.75) is 6.42 Å². The number of nitrogens with two attached hydrogens (primary N) is 2. The van der Waals surface area contributed by atoms with Crippen molar-refractivity contribution in [1.82, 2.24) is 4.98 Å². The maximum Gasteiger partial charge on any atom is 0.167 e. The highest BCUT2D eigenvalue weighted by Crippen LogP contribution is 2.15. The Balaban J connectivity index is 2.22. The lowest BCUT2D eigenvalue weighted by molar-refractivity contribution is 0.0992. The monoisotopic (exact) mass is 245 g/mol. The van der Waals surface area contributed by atoms with Gasteiger partial charge in [-0.15, -0.1) is 0 Å². The van der Waals surface area contributed by atoms with Crippen LogP contribution in [0.5, 0.6) is 0 Å². The number of hydrogen-bond donors (Lipinski definition) is 2. The van der Waals surface area contributed by atoms with E-state index in [0.29, 0.717) is 11.4 Å². The Morgan fingerprint density at radius 2 is 2.06 bits per heavy atom. The predicted octanol–water partition coefficient (Wildman–Crippen LogP) is 1.81. The minimum atomic E-state index is -0.597. The van der Waals surface area contributed by atoms with E-state index in [1.165, 1.54) is 12.1 Å². The van der Waals surface area contributed by atoms with E-state index in [9.17, 15) is 9.18 Å². The van der Waals surface area contributed by atoms with Gasteiger partial charge in [0.25, 0.3) is 0 Å². The zero-order valence-corrected chi connectivity index (χ0v) is 9.56. The molecule has 0 aliphatic rings. The Morgan fingerprint density at radius 1 is 1.28 bits per heavy atom. The van der Waals surface area contributed by atoms with Crippen LogP contribution in [0.1, 0.15) is 15.9 Å². The highest BCUT2D eigenvalue weighted by atomic mass is 19.1. The number of rotatable bonds is 3. The molecular formula is C13H12FN3O. The summed E-state index contributed by atoms with van der Waals surface area (Å²) in [6, 6.07) is 7.41. The van der Waals surface area contributed by atoms with Gasteiger partial charge < -0.3 is 11.5 Å². The van der Waals surface area contributed by atoms with Crippen LogP contribution in [0.25, 0.3) is 0 Å². The summed E-state index contributed by atoms with van der Waals surface area (Å²) in [6.45, 7) is 0. The van der Waals surface area contributed by atoms with Gasteiger partial charge >= 0.3 is 0 Å². The van der Waals surface area contributed by atoms with Crippen LogP contribution in [-0.4, -0.2) is 10.8 Å². The van der Waals surface area contributed by atoms with E-state index in [0.717, 1.165) is 6.07 Å². The number of nitrogen functional groups attached to an aromatic ring is 2. The lowest BCUT2D eigenvalue weighted by Crippen LogP contribution is -2.07. The van der Waals surface area contributed by atoms with Gasteiger partial charge in [-0.2, -0.15) is 0 Å². The van der Waals surface area contributed by atoms with E-state index in [-0.39, 0.29) is 23.5 Å². The van der Waals surface area contributed by atoms with Gasteiger partial charge in [-0.1, -0.05) is 6.07 Å². The zero-order chi connectivity index (χ0) is 13.1. The first kappa shape index (κ1) is 12.0. The Labute approximate surface area is 103 Å². The van der Waals surface area contributed by atoms with E-state index in [2.05, 4.69) is 4.98 Å². The van der Waals surface area contributed by atoms with Gasteiger partial charge in [-0.3, -0.25) is 4.79 Å². The third-order valence-electron chi connectivity index (χ3n) is 2.60. The average molecular weight is 245 g/mol. The third kappa shape index (κ3) is 2.45. The lowest BCUT2D eigenvalue weighted by atomic mass is 10.0. The van der Waals surface area contributed by atoms with Crippen LogP contribution in [0.4, 0.5) is 15.9 Å². The second kappa shape index (κ2) is 4.83. The van der Waals surface area contributed by atoms with E-state index >= 15 is 0 Å². The van der Waals surface area contributed by atoms with Crippen molar-refractivity contribution in [2.75, 3.05) is 11.5 Å². The fourth-order valence-corrected chi connectivity index (χ4v) is 1.58. The van der Waals surface area contributed by atoms with Crippen LogP contribution in [0.2, 0.25) is 0 Å². The summed E-state index contributed by atoms with van der Waals surface area (Å²) in [4.78, 5) is 15.8. The Morgan fingerprint density at radius 3 is 2.72 bits per heavy atom. The number of Topliss-reactive ketones (excluding diaryl/α,β-unsaturated/α-hetero) is 1. The second-order valence-corrected chi connectivity index (χ2v) is 3.88. The number of carbonyl (C=O) groups excluding carboxylic acids is 1. The number of carbonyl (C=O) groups is 1. The summed E-state index contributed by atoms with van der Waals surface area (Å²) in [6.07, 6.45) is 1.63. The summed E-state index contributed by atoms with van der Waals surface area (Å²) in [5.74, 6) is -0.518. The van der Waals surface area contributed by atoms with Crippen LogP contribution >= 0.6 is 0 Å². The van der Waals surface area contributed by atoms with Gasteiger partial charge in [0.05, 0.1) is 5.69 Å². The van der Waals surface area contributed by atoms with Crippen LogP contribution < -0.4 is 11.5 Å². The fraction of sp³-hybridized carbons (Fsp3) is 0.0769. The molecule has 0 aliphatic carbocycles. The van der Waals surface area contributed by atoms with Crippen molar-refractivity contribution in [1.29, 1.82) is 0 Å². The van der Waals surface area contributed by atoms with Crippen molar-refractivity contribution in [3.8, 4) is 0 Å². The molecule has 0 atom stereocenters. The van der Waals surface area contributed by atoms with E-state index in [1.54, 1.807) is 18.3 Å². The van der Waals surface area contributed by atoms with Crippen molar-refractivity contribution in [2.24, 2.45) is 0 Å². The Hall–Kier alpha value is -2.43. The SMILES string of the molecule is Nc1ccc(C(=O)Cc2cccnc2N)cc1F. The van der Waals surface area contributed by atoms with Gasteiger partial charge in [0.1, 0.15) is 11.6 Å². The van der Waals surface area contributed by atoms with Crippen molar-refractivity contribution in [3.63, 3.8) is 0 Å². The summed E-state index contributed by atoms with van der Waals surface area (Å²) in [5, 5.41) is 0. The normalized spacial score (nSPS) is 10.3. The zero-order valence-electron chi connectivity index (χ0n) is 9.56. The van der Waals surface area contributed by atoms with Crippen molar-refractivity contribution < 1.29 is 9.18 Å². The molecule has 0 bridgehead atoms. The molecule has 0 saturated heterocycles. The number of pyridine rings is 1. The summed E-state index contributed by atoms with van der Waals surface area (Å²) in [7, 11) is 0. The third-order valence-corrected chi connectivity index (χ3v) is 2.60. The number of halogens is 1. The minimum Gasteiger partial charge on any atom is -0.396 e. The minimum absolute atomic E-state index is 0.0208. The predicted molar refractivity (Wildman–Crippen MR) is 67.5 cm³/mol. The molecule has 0 aliphatic heterocycles. The molecule has 0 saturated carbocycles. The quantitative estimate of drug-likeness (QED) is 0.638. The molecule has 4 N–H and O–H groups in total. The summed E-state index contributed by atoms with van der Waals surface area (Å²) >= 11 is 0. The first-order valence-corrected chi connectivity index (χ1v) is 5.35. The summed E-state index contributed by atoms with van der Waals surface area (Å²) in [5.41, 5.74) is 11.9. The topological polar surface area (TPSA) is 82.0 Å². The maximum atomic E-state index is 13.2. The number of anilines is 2. The first-order chi connectivity index (χ1) is 8.58. The molecular weight excluding hydrogens is 233 g/mol. The lowest BCUT2D eigenvalue weighted by Gasteiger charge is -2.05. The number of aromatic nitrogens is 1. The highest BCUT2D eigenvalue weighted by molar-refractivity contribution is 5.98. The molecule has 4 nitrogen and oxygen atoms in total. The average Bonchev–Trinajstić information content (AvgIpc) is 2.35. The van der Waals surface area contributed by atoms with Crippen molar-refractivity contribution in [3.05, 3.63) is 53.5 Å². The molecule has 0 spiro atoms. The first-order valence-electron chi connectivity index (χ1n) is 5.35. The van der Waals surface area contributed by atoms with Crippen LogP contribution in [-0.2, 0) is 6.42 Å². The molecule has 2 rings (SSSR count). The van der Waals surface area contributed by atoms with Gasteiger partial charge in [-0.05, 0) is 24.3 Å². The molecule has 1 aromatic carbocycles. The number of nitrogens with zero attached hydrogens (tertiary/aromatic N) is 1. The smallest absolute Gasteiger partial charge is 0.167 e. The van der Waals surface area contributed by atoms with Crippen molar-refractivity contribution >= 4 is 17.3 Å².